The average molecular weight is 363 g/mol. The Balaban J connectivity index is 1.86. The van der Waals surface area contributed by atoms with Crippen LogP contribution in [0.5, 0.6) is 0 Å². The molecule has 2 atom stereocenters. The summed E-state index contributed by atoms with van der Waals surface area (Å²) in [6.07, 6.45) is 0.350. The van der Waals surface area contributed by atoms with Crippen LogP contribution in [0.1, 0.15) is 22.8 Å². The van der Waals surface area contributed by atoms with Crippen LogP contribution >= 0.6 is 11.3 Å². The lowest BCUT2D eigenvalue weighted by molar-refractivity contribution is -0.123. The Kier molecular flexibility index (Phi) is 7.09. The molecule has 134 valence electrons. The number of carbonyl (C=O) groups is 2. The molecule has 0 unspecified atom stereocenters. The molecular formula is C18H22FN3O2S. The normalized spacial score (nSPS) is 13.1. The minimum absolute atomic E-state index is 0.0687. The smallest absolute Gasteiger partial charge is 0.229 e. The van der Waals surface area contributed by atoms with Crippen molar-refractivity contribution < 1.29 is 14.0 Å². The summed E-state index contributed by atoms with van der Waals surface area (Å²) in [5.41, 5.74) is 6.45. The van der Waals surface area contributed by atoms with Crippen LogP contribution in [0.4, 0.5) is 4.39 Å². The predicted octanol–water partition coefficient (Wildman–Crippen LogP) is 1.79. The van der Waals surface area contributed by atoms with Gasteiger partial charge in [0.05, 0.1) is 5.92 Å². The molecule has 4 N–H and O–H groups in total. The van der Waals surface area contributed by atoms with Crippen LogP contribution in [0.25, 0.3) is 0 Å². The second-order valence-corrected chi connectivity index (χ2v) is 6.73. The largest absolute Gasteiger partial charge is 0.359 e. The maximum atomic E-state index is 13.6. The fourth-order valence-electron chi connectivity index (χ4n) is 2.53. The third-order valence-corrected chi connectivity index (χ3v) is 4.83. The Labute approximate surface area is 150 Å². The minimum atomic E-state index is -0.489. The maximum absolute atomic E-state index is 13.6. The summed E-state index contributed by atoms with van der Waals surface area (Å²) in [6.45, 7) is 0.200. The van der Waals surface area contributed by atoms with Crippen molar-refractivity contribution in [2.45, 2.75) is 24.8 Å². The third-order valence-electron chi connectivity index (χ3n) is 3.84. The van der Waals surface area contributed by atoms with E-state index in [0.717, 1.165) is 4.88 Å². The summed E-state index contributed by atoms with van der Waals surface area (Å²) >= 11 is 1.47. The molecule has 25 heavy (non-hydrogen) atoms. The van der Waals surface area contributed by atoms with Gasteiger partial charge < -0.3 is 16.4 Å². The van der Waals surface area contributed by atoms with Crippen LogP contribution in [0.2, 0.25) is 0 Å². The van der Waals surface area contributed by atoms with Crippen molar-refractivity contribution >= 4 is 23.2 Å². The van der Waals surface area contributed by atoms with Gasteiger partial charge in [-0.1, -0.05) is 24.3 Å². The van der Waals surface area contributed by atoms with Gasteiger partial charge in [-0.3, -0.25) is 9.59 Å². The second kappa shape index (κ2) is 9.29. The molecule has 1 aromatic heterocycles. The number of halogens is 1. The predicted molar refractivity (Wildman–Crippen MR) is 96.8 cm³/mol. The number of benzene rings is 1. The highest BCUT2D eigenvalue weighted by molar-refractivity contribution is 7.10. The van der Waals surface area contributed by atoms with Crippen LogP contribution in [0.3, 0.4) is 0 Å². The van der Waals surface area contributed by atoms with E-state index in [1.165, 1.54) is 17.4 Å². The van der Waals surface area contributed by atoms with E-state index in [0.29, 0.717) is 5.56 Å². The van der Waals surface area contributed by atoms with Crippen molar-refractivity contribution in [1.29, 1.82) is 0 Å². The van der Waals surface area contributed by atoms with Gasteiger partial charge in [0.1, 0.15) is 5.82 Å². The van der Waals surface area contributed by atoms with Gasteiger partial charge in [0.2, 0.25) is 11.8 Å². The van der Waals surface area contributed by atoms with Crippen LogP contribution in [-0.4, -0.2) is 31.4 Å². The Bertz CT molecular complexity index is 706. The maximum Gasteiger partial charge on any atom is 0.229 e. The molecule has 2 aromatic rings. The molecule has 0 spiro atoms. The molecule has 0 aliphatic carbocycles. The second-order valence-electron chi connectivity index (χ2n) is 5.75. The highest BCUT2D eigenvalue weighted by Crippen LogP contribution is 2.21. The molecule has 0 aliphatic heterocycles. The molecular weight excluding hydrogens is 341 g/mol. The zero-order valence-electron chi connectivity index (χ0n) is 14.0. The SMILES string of the molecule is CNC(=O)[C@@H](CNC(=O)C[C@H](N)Cc1ccccc1F)c1cccs1. The lowest BCUT2D eigenvalue weighted by Gasteiger charge is -2.16. The molecule has 0 aliphatic rings. The first-order chi connectivity index (χ1) is 12.0. The first kappa shape index (κ1) is 19.1. The molecule has 1 heterocycles. The lowest BCUT2D eigenvalue weighted by Crippen LogP contribution is -2.38. The standard InChI is InChI=1S/C18H22FN3O2S/c1-21-18(24)14(16-7-4-8-25-16)11-22-17(23)10-13(20)9-12-5-2-3-6-15(12)19/h2-8,13-14H,9-11,20H2,1H3,(H,21,24)(H,22,23)/t13-,14+/m1/s1. The topological polar surface area (TPSA) is 84.2 Å². The van der Waals surface area contributed by atoms with E-state index in [1.807, 2.05) is 17.5 Å². The van der Waals surface area contributed by atoms with Gasteiger partial charge in [0.15, 0.2) is 0 Å². The number of rotatable bonds is 8. The van der Waals surface area contributed by atoms with Crippen molar-refractivity contribution in [2.75, 3.05) is 13.6 Å². The van der Waals surface area contributed by atoms with E-state index in [2.05, 4.69) is 10.6 Å². The van der Waals surface area contributed by atoms with Gasteiger partial charge in [0, 0.05) is 30.9 Å². The minimum Gasteiger partial charge on any atom is -0.359 e. The summed E-state index contributed by atoms with van der Waals surface area (Å²) in [5.74, 6) is -1.17. The molecule has 7 heteroatoms. The number of nitrogens with two attached hydrogens (primary N) is 1. The highest BCUT2D eigenvalue weighted by atomic mass is 32.1. The van der Waals surface area contributed by atoms with Gasteiger partial charge in [-0.15, -0.1) is 11.3 Å². The Morgan fingerprint density at radius 3 is 2.64 bits per heavy atom. The van der Waals surface area contributed by atoms with E-state index >= 15 is 0 Å². The molecule has 2 amide bonds. The summed E-state index contributed by atoms with van der Waals surface area (Å²) < 4.78 is 13.6. The third kappa shape index (κ3) is 5.65. The van der Waals surface area contributed by atoms with E-state index in [9.17, 15) is 14.0 Å². The van der Waals surface area contributed by atoms with Crippen molar-refractivity contribution in [3.8, 4) is 0 Å². The molecule has 0 radical (unpaired) electrons. The van der Waals surface area contributed by atoms with E-state index < -0.39 is 12.0 Å². The van der Waals surface area contributed by atoms with Crippen molar-refractivity contribution in [1.82, 2.24) is 10.6 Å². The van der Waals surface area contributed by atoms with Crippen LogP contribution in [0, 0.1) is 5.82 Å². The van der Waals surface area contributed by atoms with Gasteiger partial charge in [-0.05, 0) is 29.5 Å². The molecule has 0 saturated carbocycles. The van der Waals surface area contributed by atoms with E-state index in [1.54, 1.807) is 25.2 Å². The number of thiophene rings is 1. The van der Waals surface area contributed by atoms with E-state index in [-0.39, 0.29) is 37.0 Å². The monoisotopic (exact) mass is 363 g/mol. The summed E-state index contributed by atoms with van der Waals surface area (Å²) in [4.78, 5) is 25.0. The van der Waals surface area contributed by atoms with Gasteiger partial charge in [-0.25, -0.2) is 4.39 Å². The number of hydrogen-bond acceptors (Lipinski definition) is 4. The zero-order valence-corrected chi connectivity index (χ0v) is 14.8. The zero-order chi connectivity index (χ0) is 18.2. The van der Waals surface area contributed by atoms with E-state index in [4.69, 9.17) is 5.73 Å². The van der Waals surface area contributed by atoms with Gasteiger partial charge >= 0.3 is 0 Å². The average Bonchev–Trinajstić information content (AvgIpc) is 3.11. The molecule has 0 fully saturated rings. The van der Waals surface area contributed by atoms with Crippen molar-refractivity contribution in [3.63, 3.8) is 0 Å². The van der Waals surface area contributed by atoms with Crippen LogP contribution < -0.4 is 16.4 Å². The molecule has 0 bridgehead atoms. The molecule has 0 saturated heterocycles. The number of nitrogens with one attached hydrogen (secondary N) is 2. The summed E-state index contributed by atoms with van der Waals surface area (Å²) in [6, 6.07) is 9.61. The first-order valence-electron chi connectivity index (χ1n) is 8.02. The summed E-state index contributed by atoms with van der Waals surface area (Å²) in [5, 5.41) is 7.24. The molecule has 2 rings (SSSR count). The Morgan fingerprint density at radius 1 is 1.24 bits per heavy atom. The Hall–Kier alpha value is -2.25. The van der Waals surface area contributed by atoms with Gasteiger partial charge in [-0.2, -0.15) is 0 Å². The number of hydrogen-bond donors (Lipinski definition) is 3. The van der Waals surface area contributed by atoms with Gasteiger partial charge in [0.25, 0.3) is 0 Å². The van der Waals surface area contributed by atoms with Crippen LogP contribution in [-0.2, 0) is 16.0 Å². The number of likely N-dealkylation sites (N-methyl/N-ethyl adjacent to an activating group) is 1. The summed E-state index contributed by atoms with van der Waals surface area (Å²) in [7, 11) is 1.56. The quantitative estimate of drug-likeness (QED) is 0.669. The number of amides is 2. The fraction of sp³-hybridized carbons (Fsp3) is 0.333. The Morgan fingerprint density at radius 2 is 2.00 bits per heavy atom. The molecule has 5 nitrogen and oxygen atoms in total. The van der Waals surface area contributed by atoms with Crippen molar-refractivity contribution in [3.05, 3.63) is 58.0 Å². The number of carbonyl (C=O) groups excluding carboxylic acids is 2. The lowest BCUT2D eigenvalue weighted by atomic mass is 10.0. The van der Waals surface area contributed by atoms with Crippen LogP contribution in [0.15, 0.2) is 41.8 Å². The first-order valence-corrected chi connectivity index (χ1v) is 8.90. The van der Waals surface area contributed by atoms with Crippen molar-refractivity contribution in [2.24, 2.45) is 5.73 Å². The molecule has 1 aromatic carbocycles. The fourth-order valence-corrected chi connectivity index (χ4v) is 3.36. The highest BCUT2D eigenvalue weighted by Gasteiger charge is 2.22.